The van der Waals surface area contributed by atoms with Gasteiger partial charge in [-0.05, 0) is 12.0 Å². The third kappa shape index (κ3) is 1.41. The van der Waals surface area contributed by atoms with E-state index in [-0.39, 0.29) is 16.7 Å². The number of hydrogen-bond acceptors (Lipinski definition) is 0. The molecule has 3 rings (SSSR count). The maximum atomic E-state index is 6.55. The molecule has 0 spiro atoms. The van der Waals surface area contributed by atoms with Crippen LogP contribution in [0.5, 0.6) is 0 Å². The summed E-state index contributed by atoms with van der Waals surface area (Å²) in [6.45, 7) is 4.17. The zero-order valence-electron chi connectivity index (χ0n) is 10.2. The molecule has 0 aliphatic heterocycles. The number of rotatable bonds is 2. The van der Waals surface area contributed by atoms with E-state index in [4.69, 9.17) is 46.4 Å². The number of benzene rings is 1. The van der Waals surface area contributed by atoms with Crippen LogP contribution in [0.3, 0.4) is 0 Å². The molecule has 1 aromatic carbocycles. The molecule has 2 aliphatic rings. The summed E-state index contributed by atoms with van der Waals surface area (Å²) in [5, 5.41) is 0. The highest BCUT2D eigenvalue weighted by molar-refractivity contribution is 6.54. The smallest absolute Gasteiger partial charge is 0.101 e. The molecule has 3 unspecified atom stereocenters. The van der Waals surface area contributed by atoms with Gasteiger partial charge in [-0.25, -0.2) is 0 Å². The van der Waals surface area contributed by atoms with Crippen LogP contribution in [0.2, 0.25) is 0 Å². The Kier molecular flexibility index (Phi) is 2.62. The first-order chi connectivity index (χ1) is 8.18. The van der Waals surface area contributed by atoms with Gasteiger partial charge in [-0.2, -0.15) is 0 Å². The van der Waals surface area contributed by atoms with E-state index in [1.165, 1.54) is 0 Å². The van der Waals surface area contributed by atoms with E-state index in [0.717, 1.165) is 12.0 Å². The van der Waals surface area contributed by atoms with Crippen LogP contribution in [0.15, 0.2) is 30.3 Å². The van der Waals surface area contributed by atoms with Crippen molar-refractivity contribution in [1.29, 1.82) is 0 Å². The fourth-order valence-electron chi connectivity index (χ4n) is 3.44. The molecule has 2 saturated carbocycles. The minimum absolute atomic E-state index is 0.0817. The van der Waals surface area contributed by atoms with Crippen molar-refractivity contribution in [2.75, 3.05) is 0 Å². The van der Waals surface area contributed by atoms with Crippen LogP contribution in [0, 0.1) is 11.3 Å². The first-order valence-corrected chi connectivity index (χ1v) is 7.50. The Balaban J connectivity index is 2.01. The zero-order valence-corrected chi connectivity index (χ0v) is 13.2. The van der Waals surface area contributed by atoms with Crippen molar-refractivity contribution in [3.63, 3.8) is 0 Å². The fourth-order valence-corrected chi connectivity index (χ4v) is 5.46. The number of halogens is 4. The van der Waals surface area contributed by atoms with Crippen LogP contribution in [-0.2, 0) is 5.41 Å². The van der Waals surface area contributed by atoms with Gasteiger partial charge in [0.25, 0.3) is 0 Å². The Hall–Kier alpha value is 0.380. The predicted octanol–water partition coefficient (Wildman–Crippen LogP) is 5.33. The molecule has 18 heavy (non-hydrogen) atoms. The lowest BCUT2D eigenvalue weighted by Crippen LogP contribution is -2.15. The first kappa shape index (κ1) is 13.4. The van der Waals surface area contributed by atoms with Gasteiger partial charge in [0.1, 0.15) is 8.67 Å². The summed E-state index contributed by atoms with van der Waals surface area (Å²) < 4.78 is -1.49. The lowest BCUT2D eigenvalue weighted by atomic mass is 9.89. The van der Waals surface area contributed by atoms with E-state index in [9.17, 15) is 0 Å². The average molecular weight is 324 g/mol. The molecule has 0 heterocycles. The van der Waals surface area contributed by atoms with Crippen LogP contribution >= 0.6 is 46.4 Å². The molecular formula is C14H14Cl4. The second kappa shape index (κ2) is 3.52. The molecule has 3 atom stereocenters. The topological polar surface area (TPSA) is 0 Å². The Morgan fingerprint density at radius 3 is 1.94 bits per heavy atom. The quantitative estimate of drug-likeness (QED) is 0.645. The van der Waals surface area contributed by atoms with Gasteiger partial charge < -0.3 is 0 Å². The Labute approximate surface area is 128 Å². The molecule has 1 aromatic rings. The van der Waals surface area contributed by atoms with Gasteiger partial charge >= 0.3 is 0 Å². The predicted molar refractivity (Wildman–Crippen MR) is 78.9 cm³/mol. The average Bonchev–Trinajstić information content (AvgIpc) is 2.97. The second-order valence-electron chi connectivity index (χ2n) is 5.92. The third-order valence-electron chi connectivity index (χ3n) is 4.86. The maximum absolute atomic E-state index is 6.55. The second-order valence-corrected chi connectivity index (χ2v) is 8.79. The van der Waals surface area contributed by atoms with Crippen molar-refractivity contribution in [2.45, 2.75) is 34.3 Å². The van der Waals surface area contributed by atoms with Crippen LogP contribution < -0.4 is 0 Å². The highest BCUT2D eigenvalue weighted by atomic mass is 35.5. The molecule has 0 saturated heterocycles. The Morgan fingerprint density at radius 2 is 1.50 bits per heavy atom. The van der Waals surface area contributed by atoms with Gasteiger partial charge in [-0.15, -0.1) is 46.4 Å². The van der Waals surface area contributed by atoms with Crippen molar-refractivity contribution in [3.8, 4) is 0 Å². The summed E-state index contributed by atoms with van der Waals surface area (Å²) in [4.78, 5) is 0. The zero-order chi connectivity index (χ0) is 13.4. The van der Waals surface area contributed by atoms with Gasteiger partial charge in [0.15, 0.2) is 0 Å². The minimum Gasteiger partial charge on any atom is -0.101 e. The third-order valence-corrected chi connectivity index (χ3v) is 7.21. The summed E-state index contributed by atoms with van der Waals surface area (Å²) in [5.41, 5.74) is 0.666. The summed E-state index contributed by atoms with van der Waals surface area (Å²) in [7, 11) is 0. The molecular weight excluding hydrogens is 310 g/mol. The standard InChI is InChI=1S/C14H14Cl4/c1-11(8-13(11,15)16)10-12(2,14(10,17)18)9-6-4-3-5-7-9/h3-7,10H,8H2,1-2H3. The number of hydrogen-bond donors (Lipinski definition) is 0. The van der Waals surface area contributed by atoms with Gasteiger partial charge in [-0.1, -0.05) is 44.2 Å². The molecule has 0 radical (unpaired) electrons. The van der Waals surface area contributed by atoms with E-state index >= 15 is 0 Å². The SMILES string of the molecule is CC1(C2C(Cl)(Cl)C2(C)c2ccccc2)CC1(Cl)Cl. The highest BCUT2D eigenvalue weighted by Gasteiger charge is 2.86. The molecule has 0 bridgehead atoms. The van der Waals surface area contributed by atoms with Crippen molar-refractivity contribution in [2.24, 2.45) is 11.3 Å². The lowest BCUT2D eigenvalue weighted by Gasteiger charge is -2.16. The fraction of sp³-hybridized carbons (Fsp3) is 0.571. The van der Waals surface area contributed by atoms with E-state index in [1.54, 1.807) is 0 Å². The summed E-state index contributed by atoms with van der Waals surface area (Å²) in [5.74, 6) is 0.0817. The Bertz CT molecular complexity index is 496. The summed E-state index contributed by atoms with van der Waals surface area (Å²) in [6, 6.07) is 10.1. The number of alkyl halides is 4. The van der Waals surface area contributed by atoms with Crippen LogP contribution in [0.4, 0.5) is 0 Å². The van der Waals surface area contributed by atoms with E-state index < -0.39 is 8.67 Å². The van der Waals surface area contributed by atoms with Crippen molar-refractivity contribution in [3.05, 3.63) is 35.9 Å². The van der Waals surface area contributed by atoms with E-state index in [2.05, 4.69) is 26.0 Å². The first-order valence-electron chi connectivity index (χ1n) is 5.99. The molecule has 2 aliphatic carbocycles. The monoisotopic (exact) mass is 322 g/mol. The molecule has 4 heteroatoms. The molecule has 0 aromatic heterocycles. The maximum Gasteiger partial charge on any atom is 0.132 e. The van der Waals surface area contributed by atoms with Gasteiger partial charge in [0, 0.05) is 16.7 Å². The van der Waals surface area contributed by atoms with Gasteiger partial charge in [0.05, 0.1) is 0 Å². The van der Waals surface area contributed by atoms with Gasteiger partial charge in [0.2, 0.25) is 0 Å². The molecule has 2 fully saturated rings. The van der Waals surface area contributed by atoms with Crippen LogP contribution in [0.25, 0.3) is 0 Å². The van der Waals surface area contributed by atoms with Crippen molar-refractivity contribution >= 4 is 46.4 Å². The van der Waals surface area contributed by atoms with Crippen molar-refractivity contribution < 1.29 is 0 Å². The molecule has 0 nitrogen and oxygen atoms in total. The molecule has 0 amide bonds. The van der Waals surface area contributed by atoms with Crippen LogP contribution in [-0.4, -0.2) is 8.67 Å². The normalized spacial score (nSPS) is 43.6. The summed E-state index contributed by atoms with van der Waals surface area (Å²) >= 11 is 25.6. The van der Waals surface area contributed by atoms with Crippen LogP contribution in [0.1, 0.15) is 25.8 Å². The molecule has 0 N–H and O–H groups in total. The Morgan fingerprint density at radius 1 is 1.00 bits per heavy atom. The van der Waals surface area contributed by atoms with Gasteiger partial charge in [-0.3, -0.25) is 0 Å². The van der Waals surface area contributed by atoms with Crippen molar-refractivity contribution in [1.82, 2.24) is 0 Å². The minimum atomic E-state index is -0.797. The molecule has 98 valence electrons. The van der Waals surface area contributed by atoms with E-state index in [0.29, 0.717) is 0 Å². The lowest BCUT2D eigenvalue weighted by molar-refractivity contribution is 0.433. The van der Waals surface area contributed by atoms with E-state index in [1.807, 2.05) is 18.2 Å². The highest BCUT2D eigenvalue weighted by Crippen LogP contribution is 2.84. The largest absolute Gasteiger partial charge is 0.132 e. The summed E-state index contributed by atoms with van der Waals surface area (Å²) in [6.07, 6.45) is 0.747.